The van der Waals surface area contributed by atoms with Crippen LogP contribution in [0, 0.1) is 6.92 Å². The Morgan fingerprint density at radius 2 is 1.76 bits per heavy atom. The number of carbonyl (C=O) groups is 2. The van der Waals surface area contributed by atoms with Crippen LogP contribution in [0.15, 0.2) is 95.5 Å². The minimum Gasteiger partial charge on any atom is -0.428 e. The van der Waals surface area contributed by atoms with Gasteiger partial charge in [-0.15, -0.1) is 0 Å². The zero-order valence-corrected chi connectivity index (χ0v) is 22.6. The highest BCUT2D eigenvalue weighted by molar-refractivity contribution is 9.10. The molecule has 0 saturated carbocycles. The van der Waals surface area contributed by atoms with Gasteiger partial charge >= 0.3 is 0 Å². The molecule has 1 N–H and O–H groups in total. The van der Waals surface area contributed by atoms with Gasteiger partial charge in [-0.3, -0.25) is 14.3 Å². The average Bonchev–Trinajstić information content (AvgIpc) is 3.24. The number of nitrogens with zero attached hydrogens (tertiary/aromatic N) is 2. The Morgan fingerprint density at radius 3 is 2.50 bits per heavy atom. The summed E-state index contributed by atoms with van der Waals surface area (Å²) in [5.41, 5.74) is 6.37. The van der Waals surface area contributed by atoms with Gasteiger partial charge in [0.05, 0.1) is 23.8 Å². The number of amides is 1. The van der Waals surface area contributed by atoms with Crippen LogP contribution in [-0.4, -0.2) is 22.2 Å². The Morgan fingerprint density at radius 1 is 1.03 bits per heavy atom. The van der Waals surface area contributed by atoms with E-state index in [0.29, 0.717) is 24.3 Å². The zero-order valence-electron chi connectivity index (χ0n) is 21.0. The first kappa shape index (κ1) is 25.4. The van der Waals surface area contributed by atoms with Gasteiger partial charge in [-0.05, 0) is 66.9 Å². The Bertz CT molecular complexity index is 1610. The van der Waals surface area contributed by atoms with Crippen molar-refractivity contribution in [3.05, 3.63) is 118 Å². The number of aromatic nitrogens is 2. The number of hydrogen-bond donors (Lipinski definition) is 1. The summed E-state index contributed by atoms with van der Waals surface area (Å²) in [5.74, 6) is 0.402. The van der Waals surface area contributed by atoms with E-state index in [9.17, 15) is 9.59 Å². The maximum absolute atomic E-state index is 13.0. The van der Waals surface area contributed by atoms with Crippen molar-refractivity contribution in [1.29, 1.82) is 0 Å². The van der Waals surface area contributed by atoms with Crippen LogP contribution in [0.25, 0.3) is 22.0 Å². The van der Waals surface area contributed by atoms with Crippen LogP contribution in [0.3, 0.4) is 0 Å². The lowest BCUT2D eigenvalue weighted by molar-refractivity contribution is -0.120. The van der Waals surface area contributed by atoms with Gasteiger partial charge in [0.25, 0.3) is 12.4 Å². The number of benzene rings is 4. The van der Waals surface area contributed by atoms with Gasteiger partial charge in [-0.1, -0.05) is 70.5 Å². The first-order chi connectivity index (χ1) is 18.4. The van der Waals surface area contributed by atoms with Crippen molar-refractivity contribution >= 4 is 39.2 Å². The molecule has 0 fully saturated rings. The summed E-state index contributed by atoms with van der Waals surface area (Å²) in [6.45, 7) is 4.96. The summed E-state index contributed by atoms with van der Waals surface area (Å²) in [6.07, 6.45) is 0. The molecule has 0 saturated heterocycles. The SMILES string of the molecule is Cc1nn(Cc2ccc(-c3ccccc3OC=O)cc2)c2ccc(C(=O)N[C@@H](C)c3ccc(Br)cc3)cc12. The molecule has 0 bridgehead atoms. The summed E-state index contributed by atoms with van der Waals surface area (Å²) in [7, 11) is 0. The fraction of sp³-hybridized carbons (Fsp3) is 0.129. The molecule has 1 aromatic heterocycles. The van der Waals surface area contributed by atoms with Crippen LogP contribution in [0.1, 0.15) is 40.1 Å². The van der Waals surface area contributed by atoms with E-state index in [1.54, 1.807) is 6.07 Å². The van der Waals surface area contributed by atoms with Gasteiger partial charge in [0.1, 0.15) is 5.75 Å². The molecular formula is C31H26BrN3O3. The van der Waals surface area contributed by atoms with E-state index >= 15 is 0 Å². The molecule has 5 aromatic rings. The number of halogens is 1. The molecular weight excluding hydrogens is 542 g/mol. The minimum absolute atomic E-state index is 0.116. The summed E-state index contributed by atoms with van der Waals surface area (Å²) >= 11 is 3.44. The van der Waals surface area contributed by atoms with Crippen LogP contribution in [0.4, 0.5) is 0 Å². The van der Waals surface area contributed by atoms with E-state index in [1.807, 2.05) is 103 Å². The number of fused-ring (bicyclic) bond motifs is 1. The molecule has 1 atom stereocenters. The first-order valence-electron chi connectivity index (χ1n) is 12.2. The number of nitrogens with one attached hydrogen (secondary N) is 1. The Balaban J connectivity index is 1.33. The predicted octanol–water partition coefficient (Wildman–Crippen LogP) is 6.85. The summed E-state index contributed by atoms with van der Waals surface area (Å²) in [4.78, 5) is 23.8. The molecule has 1 heterocycles. The van der Waals surface area contributed by atoms with Crippen molar-refractivity contribution in [2.24, 2.45) is 0 Å². The van der Waals surface area contributed by atoms with E-state index in [1.165, 1.54) is 0 Å². The van der Waals surface area contributed by atoms with E-state index in [0.717, 1.165) is 43.3 Å². The quantitative estimate of drug-likeness (QED) is 0.208. The second kappa shape index (κ2) is 11.0. The number of aryl methyl sites for hydroxylation is 1. The number of ether oxygens (including phenoxy) is 1. The molecule has 4 aromatic carbocycles. The lowest BCUT2D eigenvalue weighted by Crippen LogP contribution is -2.26. The van der Waals surface area contributed by atoms with E-state index in [-0.39, 0.29) is 11.9 Å². The van der Waals surface area contributed by atoms with Crippen molar-refractivity contribution in [3.63, 3.8) is 0 Å². The second-order valence-electron chi connectivity index (χ2n) is 9.13. The van der Waals surface area contributed by atoms with Crippen LogP contribution >= 0.6 is 15.9 Å². The van der Waals surface area contributed by atoms with E-state index < -0.39 is 0 Å². The van der Waals surface area contributed by atoms with Crippen LogP contribution in [0.2, 0.25) is 0 Å². The Labute approximate surface area is 229 Å². The Hall–Kier alpha value is -4.23. The summed E-state index contributed by atoms with van der Waals surface area (Å²) < 4.78 is 8.07. The molecule has 7 heteroatoms. The van der Waals surface area contributed by atoms with Crippen LogP contribution < -0.4 is 10.1 Å². The van der Waals surface area contributed by atoms with Crippen LogP contribution in [-0.2, 0) is 11.3 Å². The zero-order chi connectivity index (χ0) is 26.6. The third-order valence-corrected chi connectivity index (χ3v) is 7.10. The molecule has 0 aliphatic heterocycles. The highest BCUT2D eigenvalue weighted by atomic mass is 79.9. The van der Waals surface area contributed by atoms with Crippen LogP contribution in [0.5, 0.6) is 5.75 Å². The molecule has 0 aliphatic carbocycles. The smallest absolute Gasteiger partial charge is 0.298 e. The molecule has 190 valence electrons. The third-order valence-electron chi connectivity index (χ3n) is 6.57. The molecule has 1 amide bonds. The maximum atomic E-state index is 13.0. The largest absolute Gasteiger partial charge is 0.428 e. The lowest BCUT2D eigenvalue weighted by Gasteiger charge is -2.14. The van der Waals surface area contributed by atoms with Gasteiger partial charge in [0, 0.05) is 21.0 Å². The van der Waals surface area contributed by atoms with Gasteiger partial charge < -0.3 is 10.1 Å². The second-order valence-corrected chi connectivity index (χ2v) is 10.0. The monoisotopic (exact) mass is 567 g/mol. The average molecular weight is 568 g/mol. The van der Waals surface area contributed by atoms with Crippen molar-refractivity contribution in [3.8, 4) is 16.9 Å². The number of para-hydroxylation sites is 1. The van der Waals surface area contributed by atoms with Gasteiger partial charge in [-0.2, -0.15) is 5.10 Å². The highest BCUT2D eigenvalue weighted by Gasteiger charge is 2.15. The Kier molecular flexibility index (Phi) is 7.38. The standard InChI is InChI=1S/C31H26BrN3O3/c1-20(23-11-14-26(32)15-12-23)33-31(37)25-13-16-29-28(17-25)21(2)34-35(29)18-22-7-9-24(10-8-22)27-5-3-4-6-30(27)38-19-36/h3-17,19-20H,18H2,1-2H3,(H,33,37)/t20-/m0/s1. The minimum atomic E-state index is -0.121. The number of carbonyl (C=O) groups excluding carboxylic acids is 2. The van der Waals surface area contributed by atoms with Crippen molar-refractivity contribution < 1.29 is 14.3 Å². The van der Waals surface area contributed by atoms with Gasteiger partial charge in [-0.25, -0.2) is 0 Å². The van der Waals surface area contributed by atoms with Crippen molar-refractivity contribution in [1.82, 2.24) is 15.1 Å². The lowest BCUT2D eigenvalue weighted by atomic mass is 10.0. The maximum Gasteiger partial charge on any atom is 0.298 e. The summed E-state index contributed by atoms with van der Waals surface area (Å²) in [5, 5.41) is 8.78. The molecule has 0 aliphatic rings. The van der Waals surface area contributed by atoms with Gasteiger partial charge in [0.2, 0.25) is 0 Å². The fourth-order valence-electron chi connectivity index (χ4n) is 4.54. The molecule has 6 nitrogen and oxygen atoms in total. The summed E-state index contributed by atoms with van der Waals surface area (Å²) in [6, 6.07) is 29.1. The molecule has 0 spiro atoms. The number of hydrogen-bond acceptors (Lipinski definition) is 4. The van der Waals surface area contributed by atoms with Gasteiger partial charge in [0.15, 0.2) is 0 Å². The topological polar surface area (TPSA) is 73.2 Å². The molecule has 5 rings (SSSR count). The van der Waals surface area contributed by atoms with E-state index in [2.05, 4.69) is 21.2 Å². The normalized spacial score (nSPS) is 11.8. The third kappa shape index (κ3) is 5.38. The van der Waals surface area contributed by atoms with Crippen molar-refractivity contribution in [2.45, 2.75) is 26.4 Å². The predicted molar refractivity (Wildman–Crippen MR) is 152 cm³/mol. The fourth-order valence-corrected chi connectivity index (χ4v) is 4.80. The number of rotatable bonds is 8. The van der Waals surface area contributed by atoms with Crippen molar-refractivity contribution in [2.75, 3.05) is 0 Å². The molecule has 0 radical (unpaired) electrons. The highest BCUT2D eigenvalue weighted by Crippen LogP contribution is 2.30. The molecule has 38 heavy (non-hydrogen) atoms. The first-order valence-corrected chi connectivity index (χ1v) is 13.0. The van der Waals surface area contributed by atoms with E-state index in [4.69, 9.17) is 9.84 Å². The molecule has 0 unspecified atom stereocenters.